The molecule has 1 saturated heterocycles. The Hall–Kier alpha value is -0.850. The predicted octanol–water partition coefficient (Wildman–Crippen LogP) is 3.38. The van der Waals surface area contributed by atoms with Crippen LogP contribution in [0.1, 0.15) is 32.5 Å². The molecule has 2 rings (SSSR count). The third kappa shape index (κ3) is 4.56. The molecule has 0 bridgehead atoms. The number of halogens is 2. The summed E-state index contributed by atoms with van der Waals surface area (Å²) in [5.41, 5.74) is 0.224. The molecule has 1 aromatic heterocycles. The largest absolute Gasteiger partial charge is 0.444 e. The van der Waals surface area contributed by atoms with Gasteiger partial charge in [-0.1, -0.05) is 11.6 Å². The number of nitrogens with one attached hydrogen (secondary N) is 1. The second-order valence-corrected chi connectivity index (χ2v) is 7.18. The molecule has 7 heteroatoms. The maximum atomic E-state index is 12.4. The van der Waals surface area contributed by atoms with Gasteiger partial charge in [-0.25, -0.2) is 9.78 Å². The fourth-order valence-corrected chi connectivity index (χ4v) is 2.96. The van der Waals surface area contributed by atoms with Crippen LogP contribution in [0.25, 0.3) is 0 Å². The first-order valence-corrected chi connectivity index (χ1v) is 7.97. The molecule has 116 valence electrons. The van der Waals surface area contributed by atoms with E-state index in [9.17, 15) is 4.79 Å². The van der Waals surface area contributed by atoms with Gasteiger partial charge in [-0.05, 0) is 48.8 Å². The molecule has 0 radical (unpaired) electrons. The number of ether oxygens (including phenoxy) is 1. The van der Waals surface area contributed by atoms with Gasteiger partial charge in [-0.15, -0.1) is 0 Å². The molecule has 1 N–H and O–H groups in total. The first kappa shape index (κ1) is 16.5. The molecule has 1 fully saturated rings. The summed E-state index contributed by atoms with van der Waals surface area (Å²) in [6, 6.07) is 3.31. The quantitative estimate of drug-likeness (QED) is 0.764. The Kier molecular flexibility index (Phi) is 5.11. The Morgan fingerprint density at radius 1 is 1.52 bits per heavy atom. The standard InChI is InChI=1S/C14H19BrClN3O2/c1-14(2,3)21-13(20)19-5-4-17-8-11(19)10-6-9(16)7-12(15)18-10/h6-7,11,17H,4-5,8H2,1-3H3. The van der Waals surface area contributed by atoms with Gasteiger partial charge in [0.05, 0.1) is 11.7 Å². The highest BCUT2D eigenvalue weighted by Crippen LogP contribution is 2.27. The first-order valence-electron chi connectivity index (χ1n) is 6.79. The maximum absolute atomic E-state index is 12.4. The van der Waals surface area contributed by atoms with Crippen LogP contribution in [0.5, 0.6) is 0 Å². The topological polar surface area (TPSA) is 54.5 Å². The average Bonchev–Trinajstić information content (AvgIpc) is 2.35. The van der Waals surface area contributed by atoms with Gasteiger partial charge < -0.3 is 10.1 Å². The molecule has 1 aliphatic heterocycles. The van der Waals surface area contributed by atoms with E-state index >= 15 is 0 Å². The van der Waals surface area contributed by atoms with Crippen LogP contribution in [0.15, 0.2) is 16.7 Å². The second kappa shape index (κ2) is 6.50. The number of carbonyl (C=O) groups is 1. The lowest BCUT2D eigenvalue weighted by Gasteiger charge is -2.36. The van der Waals surface area contributed by atoms with Gasteiger partial charge in [0.15, 0.2) is 0 Å². The third-order valence-corrected chi connectivity index (χ3v) is 3.62. The van der Waals surface area contributed by atoms with Crippen molar-refractivity contribution in [2.24, 2.45) is 0 Å². The Balaban J connectivity index is 2.24. The molecule has 1 unspecified atom stereocenters. The minimum Gasteiger partial charge on any atom is -0.444 e. The van der Waals surface area contributed by atoms with Gasteiger partial charge in [0, 0.05) is 24.7 Å². The number of piperazine rings is 1. The molecule has 0 aromatic carbocycles. The van der Waals surface area contributed by atoms with Gasteiger partial charge in [-0.2, -0.15) is 0 Å². The van der Waals surface area contributed by atoms with E-state index in [0.29, 0.717) is 22.7 Å². The van der Waals surface area contributed by atoms with Crippen molar-refractivity contribution in [1.82, 2.24) is 15.2 Å². The number of rotatable bonds is 1. The number of hydrogen-bond acceptors (Lipinski definition) is 4. The molecule has 2 heterocycles. The van der Waals surface area contributed by atoms with E-state index in [2.05, 4.69) is 26.2 Å². The minimum absolute atomic E-state index is 0.191. The van der Waals surface area contributed by atoms with Crippen molar-refractivity contribution in [3.8, 4) is 0 Å². The summed E-state index contributed by atoms with van der Waals surface area (Å²) in [4.78, 5) is 18.5. The summed E-state index contributed by atoms with van der Waals surface area (Å²) in [5, 5.41) is 3.86. The molecule has 0 spiro atoms. The molecule has 0 aliphatic carbocycles. The van der Waals surface area contributed by atoms with E-state index < -0.39 is 5.60 Å². The van der Waals surface area contributed by atoms with Gasteiger partial charge >= 0.3 is 6.09 Å². The van der Waals surface area contributed by atoms with Crippen LogP contribution >= 0.6 is 27.5 Å². The maximum Gasteiger partial charge on any atom is 0.410 e. The van der Waals surface area contributed by atoms with Crippen molar-refractivity contribution in [2.45, 2.75) is 32.4 Å². The highest BCUT2D eigenvalue weighted by atomic mass is 79.9. The zero-order chi connectivity index (χ0) is 15.6. The van der Waals surface area contributed by atoms with E-state index in [4.69, 9.17) is 16.3 Å². The van der Waals surface area contributed by atoms with Crippen molar-refractivity contribution in [2.75, 3.05) is 19.6 Å². The van der Waals surface area contributed by atoms with Crippen LogP contribution in [-0.4, -0.2) is 41.2 Å². The summed E-state index contributed by atoms with van der Waals surface area (Å²) in [5.74, 6) is 0. The lowest BCUT2D eigenvalue weighted by atomic mass is 10.1. The zero-order valence-electron chi connectivity index (χ0n) is 12.3. The highest BCUT2D eigenvalue weighted by Gasteiger charge is 2.32. The Bertz CT molecular complexity index is 513. The van der Waals surface area contributed by atoms with Gasteiger partial charge in [0.1, 0.15) is 10.2 Å². The number of amides is 1. The number of nitrogens with zero attached hydrogens (tertiary/aromatic N) is 2. The van der Waals surface area contributed by atoms with Gasteiger partial charge in [0.2, 0.25) is 0 Å². The molecule has 0 saturated carbocycles. The van der Waals surface area contributed by atoms with E-state index in [1.165, 1.54) is 0 Å². The number of aromatic nitrogens is 1. The summed E-state index contributed by atoms with van der Waals surface area (Å²) in [6.07, 6.45) is -0.327. The minimum atomic E-state index is -0.519. The SMILES string of the molecule is CC(C)(C)OC(=O)N1CCNCC1c1cc(Cl)cc(Br)n1. The normalized spacial score (nSPS) is 19.5. The van der Waals surface area contributed by atoms with Crippen molar-refractivity contribution in [3.05, 3.63) is 27.5 Å². The molecule has 1 aromatic rings. The third-order valence-electron chi connectivity index (χ3n) is 2.99. The molecular formula is C14H19BrClN3O2. The van der Waals surface area contributed by atoms with Crippen molar-refractivity contribution in [3.63, 3.8) is 0 Å². The van der Waals surface area contributed by atoms with Crippen LogP contribution in [0.2, 0.25) is 5.02 Å². The van der Waals surface area contributed by atoms with Crippen LogP contribution < -0.4 is 5.32 Å². The Morgan fingerprint density at radius 3 is 2.86 bits per heavy atom. The molecule has 1 aliphatic rings. The smallest absolute Gasteiger partial charge is 0.410 e. The average molecular weight is 377 g/mol. The second-order valence-electron chi connectivity index (χ2n) is 5.93. The fraction of sp³-hybridized carbons (Fsp3) is 0.571. The van der Waals surface area contributed by atoms with Gasteiger partial charge in [0.25, 0.3) is 0 Å². The summed E-state index contributed by atoms with van der Waals surface area (Å²) in [7, 11) is 0. The van der Waals surface area contributed by atoms with Crippen LogP contribution in [0, 0.1) is 0 Å². The van der Waals surface area contributed by atoms with Crippen LogP contribution in [-0.2, 0) is 4.74 Å². The van der Waals surface area contributed by atoms with Crippen LogP contribution in [0.3, 0.4) is 0 Å². The van der Waals surface area contributed by atoms with E-state index in [-0.39, 0.29) is 12.1 Å². The number of hydrogen-bond donors (Lipinski definition) is 1. The molecular weight excluding hydrogens is 358 g/mol. The molecule has 1 atom stereocenters. The highest BCUT2D eigenvalue weighted by molar-refractivity contribution is 9.10. The Morgan fingerprint density at radius 2 is 2.24 bits per heavy atom. The van der Waals surface area contributed by atoms with Crippen molar-refractivity contribution < 1.29 is 9.53 Å². The van der Waals surface area contributed by atoms with Crippen LogP contribution in [0.4, 0.5) is 4.79 Å². The van der Waals surface area contributed by atoms with E-state index in [0.717, 1.165) is 12.2 Å². The molecule has 1 amide bonds. The van der Waals surface area contributed by atoms with Crippen molar-refractivity contribution >= 4 is 33.6 Å². The summed E-state index contributed by atoms with van der Waals surface area (Å²) in [6.45, 7) is 7.50. The monoisotopic (exact) mass is 375 g/mol. The Labute approximate surface area is 138 Å². The first-order chi connectivity index (χ1) is 9.76. The summed E-state index contributed by atoms with van der Waals surface area (Å²) < 4.78 is 6.13. The molecule has 21 heavy (non-hydrogen) atoms. The molecule has 5 nitrogen and oxygen atoms in total. The predicted molar refractivity (Wildman–Crippen MR) is 85.5 cm³/mol. The zero-order valence-corrected chi connectivity index (χ0v) is 14.7. The number of carbonyl (C=O) groups excluding carboxylic acids is 1. The summed E-state index contributed by atoms with van der Waals surface area (Å²) >= 11 is 9.41. The lowest BCUT2D eigenvalue weighted by molar-refractivity contribution is 0.0113. The number of pyridine rings is 1. The van der Waals surface area contributed by atoms with Crippen molar-refractivity contribution in [1.29, 1.82) is 0 Å². The van der Waals surface area contributed by atoms with Gasteiger partial charge in [-0.3, -0.25) is 4.90 Å². The van der Waals surface area contributed by atoms with E-state index in [1.807, 2.05) is 20.8 Å². The lowest BCUT2D eigenvalue weighted by Crippen LogP contribution is -2.50. The van der Waals surface area contributed by atoms with E-state index in [1.54, 1.807) is 17.0 Å². The fourth-order valence-electron chi connectivity index (χ4n) is 2.16.